The molecule has 0 unspecified atom stereocenters. The Morgan fingerprint density at radius 1 is 1.05 bits per heavy atom. The Bertz CT molecular complexity index is 558. The van der Waals surface area contributed by atoms with E-state index in [0.29, 0.717) is 22.7 Å². The van der Waals surface area contributed by atoms with Gasteiger partial charge in [0.05, 0.1) is 6.61 Å². The van der Waals surface area contributed by atoms with Crippen LogP contribution in [0.4, 0.5) is 0 Å². The Hall–Kier alpha value is -1.19. The number of alkyl halides is 1. The van der Waals surface area contributed by atoms with Crippen LogP contribution in [-0.2, 0) is 5.33 Å². The summed E-state index contributed by atoms with van der Waals surface area (Å²) < 4.78 is 11.5. The summed E-state index contributed by atoms with van der Waals surface area (Å²) in [5.41, 5.74) is 1.04. The molecule has 2 nitrogen and oxygen atoms in total. The molecule has 0 aliphatic rings. The highest BCUT2D eigenvalue weighted by Gasteiger charge is 2.09. The molecule has 0 spiro atoms. The van der Waals surface area contributed by atoms with Crippen LogP contribution in [0.1, 0.15) is 12.5 Å². The van der Waals surface area contributed by atoms with Gasteiger partial charge in [-0.15, -0.1) is 0 Å². The van der Waals surface area contributed by atoms with Gasteiger partial charge in [0.25, 0.3) is 0 Å². The molecule has 19 heavy (non-hydrogen) atoms. The number of benzene rings is 2. The third kappa shape index (κ3) is 3.64. The van der Waals surface area contributed by atoms with E-state index in [1.807, 2.05) is 43.3 Å². The van der Waals surface area contributed by atoms with Crippen molar-refractivity contribution in [2.75, 3.05) is 6.61 Å². The number of rotatable bonds is 5. The fraction of sp³-hybridized carbons (Fsp3) is 0.200. The van der Waals surface area contributed by atoms with E-state index in [9.17, 15) is 0 Å². The quantitative estimate of drug-likeness (QED) is 0.675. The molecule has 0 bridgehead atoms. The summed E-state index contributed by atoms with van der Waals surface area (Å²) in [6.07, 6.45) is 0. The molecule has 4 heteroatoms. The molecule has 2 aromatic carbocycles. The molecule has 0 amide bonds. The van der Waals surface area contributed by atoms with E-state index in [-0.39, 0.29) is 0 Å². The van der Waals surface area contributed by atoms with E-state index in [1.54, 1.807) is 6.07 Å². The van der Waals surface area contributed by atoms with Gasteiger partial charge in [-0.3, -0.25) is 0 Å². The highest BCUT2D eigenvalue weighted by Crippen LogP contribution is 2.34. The molecule has 0 aliphatic heterocycles. The Labute approximate surface area is 126 Å². The molecule has 0 fully saturated rings. The Morgan fingerprint density at radius 2 is 1.79 bits per heavy atom. The predicted molar refractivity (Wildman–Crippen MR) is 81.8 cm³/mol. The number of halogens is 2. The van der Waals surface area contributed by atoms with Crippen molar-refractivity contribution in [3.05, 3.63) is 53.1 Å². The van der Waals surface area contributed by atoms with Crippen molar-refractivity contribution in [2.24, 2.45) is 0 Å². The van der Waals surface area contributed by atoms with Crippen LogP contribution in [0, 0.1) is 0 Å². The van der Waals surface area contributed by atoms with Crippen molar-refractivity contribution in [1.29, 1.82) is 0 Å². The summed E-state index contributed by atoms with van der Waals surface area (Å²) in [6.45, 7) is 2.54. The second-order valence-electron chi connectivity index (χ2n) is 3.87. The summed E-state index contributed by atoms with van der Waals surface area (Å²) >= 11 is 9.46. The molecule has 2 rings (SSSR count). The molecular formula is C15H14BrClO2. The van der Waals surface area contributed by atoms with Gasteiger partial charge in [0.15, 0.2) is 11.5 Å². The van der Waals surface area contributed by atoms with E-state index in [1.165, 1.54) is 0 Å². The summed E-state index contributed by atoms with van der Waals surface area (Å²) in [6, 6.07) is 13.2. The van der Waals surface area contributed by atoms with Crippen LogP contribution in [-0.4, -0.2) is 6.61 Å². The second-order valence-corrected chi connectivity index (χ2v) is 4.86. The van der Waals surface area contributed by atoms with Crippen LogP contribution in [0.3, 0.4) is 0 Å². The smallest absolute Gasteiger partial charge is 0.169 e. The maximum Gasteiger partial charge on any atom is 0.169 e. The van der Waals surface area contributed by atoms with Crippen LogP contribution in [0.5, 0.6) is 17.2 Å². The zero-order valence-electron chi connectivity index (χ0n) is 10.5. The van der Waals surface area contributed by atoms with Gasteiger partial charge in [0, 0.05) is 15.9 Å². The van der Waals surface area contributed by atoms with Crippen molar-refractivity contribution in [1.82, 2.24) is 0 Å². The van der Waals surface area contributed by atoms with Crippen LogP contribution in [0.2, 0.25) is 5.02 Å². The fourth-order valence-corrected chi connectivity index (χ4v) is 2.29. The van der Waals surface area contributed by atoms with Gasteiger partial charge >= 0.3 is 0 Å². The molecule has 0 aromatic heterocycles. The van der Waals surface area contributed by atoms with E-state index in [0.717, 1.165) is 17.1 Å². The minimum absolute atomic E-state index is 0.598. The first-order valence-electron chi connectivity index (χ1n) is 5.98. The summed E-state index contributed by atoms with van der Waals surface area (Å²) in [4.78, 5) is 0. The normalized spacial score (nSPS) is 10.3. The topological polar surface area (TPSA) is 18.5 Å². The summed E-state index contributed by atoms with van der Waals surface area (Å²) in [7, 11) is 0. The predicted octanol–water partition coefficient (Wildman–Crippen LogP) is 5.43. The van der Waals surface area contributed by atoms with Crippen molar-refractivity contribution in [2.45, 2.75) is 12.3 Å². The van der Waals surface area contributed by atoms with Gasteiger partial charge in [-0.2, -0.15) is 0 Å². The highest BCUT2D eigenvalue weighted by molar-refractivity contribution is 9.08. The molecule has 0 saturated carbocycles. The van der Waals surface area contributed by atoms with Gasteiger partial charge < -0.3 is 9.47 Å². The lowest BCUT2D eigenvalue weighted by molar-refractivity contribution is 0.321. The minimum Gasteiger partial charge on any atom is -0.490 e. The lowest BCUT2D eigenvalue weighted by atomic mass is 10.2. The molecule has 0 radical (unpaired) electrons. The lowest BCUT2D eigenvalue weighted by Gasteiger charge is -2.13. The van der Waals surface area contributed by atoms with Crippen LogP contribution < -0.4 is 9.47 Å². The molecule has 0 N–H and O–H groups in total. The van der Waals surface area contributed by atoms with Gasteiger partial charge in [-0.1, -0.05) is 45.7 Å². The molecule has 0 atom stereocenters. The average Bonchev–Trinajstić information content (AvgIpc) is 2.42. The number of hydrogen-bond acceptors (Lipinski definition) is 2. The largest absolute Gasteiger partial charge is 0.490 e. The molecule has 2 aromatic rings. The van der Waals surface area contributed by atoms with Crippen molar-refractivity contribution < 1.29 is 9.47 Å². The maximum atomic E-state index is 6.01. The van der Waals surface area contributed by atoms with Crippen LogP contribution in [0.15, 0.2) is 42.5 Å². The second kappa shape index (κ2) is 6.83. The van der Waals surface area contributed by atoms with Crippen molar-refractivity contribution >= 4 is 27.5 Å². The van der Waals surface area contributed by atoms with E-state index >= 15 is 0 Å². The van der Waals surface area contributed by atoms with E-state index in [2.05, 4.69) is 15.9 Å². The first-order chi connectivity index (χ1) is 9.24. The molecule has 0 aliphatic carbocycles. The van der Waals surface area contributed by atoms with E-state index < -0.39 is 0 Å². The molecule has 100 valence electrons. The van der Waals surface area contributed by atoms with Gasteiger partial charge in [-0.05, 0) is 31.2 Å². The molecular weight excluding hydrogens is 328 g/mol. The lowest BCUT2D eigenvalue weighted by Crippen LogP contribution is -1.96. The average molecular weight is 342 g/mol. The zero-order valence-corrected chi connectivity index (χ0v) is 12.9. The minimum atomic E-state index is 0.598. The van der Waals surface area contributed by atoms with Crippen molar-refractivity contribution in [3.63, 3.8) is 0 Å². The van der Waals surface area contributed by atoms with Gasteiger partial charge in [0.2, 0.25) is 0 Å². The SMILES string of the molecule is CCOc1ccccc1Oc1cc(Cl)ccc1CBr. The standard InChI is InChI=1S/C15H14BrClO2/c1-2-18-13-5-3-4-6-14(13)19-15-9-12(17)8-7-11(15)10-16/h3-9H,2,10H2,1H3. The van der Waals surface area contributed by atoms with Crippen molar-refractivity contribution in [3.8, 4) is 17.2 Å². The molecule has 0 saturated heterocycles. The number of hydrogen-bond donors (Lipinski definition) is 0. The first-order valence-corrected chi connectivity index (χ1v) is 7.48. The Morgan fingerprint density at radius 3 is 2.47 bits per heavy atom. The van der Waals surface area contributed by atoms with Crippen LogP contribution in [0.25, 0.3) is 0 Å². The first kappa shape index (κ1) is 14.2. The third-order valence-corrected chi connectivity index (χ3v) is 3.38. The fourth-order valence-electron chi connectivity index (χ4n) is 1.66. The summed E-state index contributed by atoms with van der Waals surface area (Å²) in [5.74, 6) is 2.15. The molecule has 0 heterocycles. The number of para-hydroxylation sites is 2. The maximum absolute atomic E-state index is 6.01. The van der Waals surface area contributed by atoms with E-state index in [4.69, 9.17) is 21.1 Å². The summed E-state index contributed by atoms with van der Waals surface area (Å²) in [5, 5.41) is 1.35. The van der Waals surface area contributed by atoms with Crippen LogP contribution >= 0.6 is 27.5 Å². The number of ether oxygens (including phenoxy) is 2. The Balaban J connectivity index is 2.33. The monoisotopic (exact) mass is 340 g/mol. The third-order valence-electron chi connectivity index (χ3n) is 2.54. The zero-order chi connectivity index (χ0) is 13.7. The van der Waals surface area contributed by atoms with Gasteiger partial charge in [0.1, 0.15) is 5.75 Å². The Kier molecular flexibility index (Phi) is 5.11. The van der Waals surface area contributed by atoms with Gasteiger partial charge in [-0.25, -0.2) is 0 Å². The highest BCUT2D eigenvalue weighted by atomic mass is 79.9.